The maximum absolute atomic E-state index is 12.8. The number of ether oxygens (including phenoxy) is 3. The van der Waals surface area contributed by atoms with Crippen molar-refractivity contribution >= 4 is 17.9 Å². The summed E-state index contributed by atoms with van der Waals surface area (Å²) in [7, 11) is 0. The van der Waals surface area contributed by atoms with Crippen molar-refractivity contribution in [3.63, 3.8) is 0 Å². The van der Waals surface area contributed by atoms with Crippen molar-refractivity contribution in [1.29, 1.82) is 0 Å². The molecule has 382 valence electrons. The average molecular weight is 924 g/mol. The predicted octanol–water partition coefficient (Wildman–Crippen LogP) is 18.8. The lowest BCUT2D eigenvalue weighted by molar-refractivity contribution is -0.167. The number of unbranched alkanes of at least 4 members (excludes halogenated alkanes) is 30. The van der Waals surface area contributed by atoms with Crippen LogP contribution in [0.1, 0.15) is 284 Å². The van der Waals surface area contributed by atoms with E-state index in [1.54, 1.807) is 0 Å². The highest BCUT2D eigenvalue weighted by Crippen LogP contribution is 2.16. The average Bonchev–Trinajstić information content (AvgIpc) is 3.31. The van der Waals surface area contributed by atoms with Gasteiger partial charge in [-0.25, -0.2) is 0 Å². The summed E-state index contributed by atoms with van der Waals surface area (Å²) >= 11 is 0. The van der Waals surface area contributed by atoms with Gasteiger partial charge in [-0.05, 0) is 77.0 Å². The van der Waals surface area contributed by atoms with Gasteiger partial charge in [0.2, 0.25) is 0 Å². The molecule has 0 amide bonds. The van der Waals surface area contributed by atoms with Crippen molar-refractivity contribution in [1.82, 2.24) is 0 Å². The van der Waals surface area contributed by atoms with Crippen molar-refractivity contribution in [3.8, 4) is 0 Å². The van der Waals surface area contributed by atoms with E-state index in [2.05, 4.69) is 81.5 Å². The Morgan fingerprint density at radius 1 is 0.318 bits per heavy atom. The third-order valence-electron chi connectivity index (χ3n) is 12.3. The summed E-state index contributed by atoms with van der Waals surface area (Å²) in [4.78, 5) is 38.1. The van der Waals surface area contributed by atoms with Crippen molar-refractivity contribution in [3.05, 3.63) is 60.8 Å². The Bertz CT molecular complexity index is 1200. The van der Waals surface area contributed by atoms with Gasteiger partial charge in [-0.3, -0.25) is 14.4 Å². The Kier molecular flexibility index (Phi) is 52.3. The molecule has 0 fully saturated rings. The van der Waals surface area contributed by atoms with E-state index in [4.69, 9.17) is 14.2 Å². The van der Waals surface area contributed by atoms with Crippen LogP contribution in [0.25, 0.3) is 0 Å². The van der Waals surface area contributed by atoms with Crippen LogP contribution in [-0.2, 0) is 28.6 Å². The summed E-state index contributed by atoms with van der Waals surface area (Å²) in [5.74, 6) is -0.942. The molecule has 1 unspecified atom stereocenters. The van der Waals surface area contributed by atoms with Gasteiger partial charge in [0.25, 0.3) is 0 Å². The second-order valence-corrected chi connectivity index (χ2v) is 18.8. The minimum Gasteiger partial charge on any atom is -0.462 e. The first-order chi connectivity index (χ1) is 32.5. The Balaban J connectivity index is 4.43. The molecule has 0 N–H and O–H groups in total. The molecule has 0 saturated heterocycles. The molecule has 1 atom stereocenters. The van der Waals surface area contributed by atoms with Gasteiger partial charge in [0, 0.05) is 19.3 Å². The first kappa shape index (κ1) is 63.1. The zero-order valence-corrected chi connectivity index (χ0v) is 43.7. The molecule has 6 nitrogen and oxygen atoms in total. The van der Waals surface area contributed by atoms with Crippen LogP contribution in [-0.4, -0.2) is 37.2 Å². The number of hydrogen-bond acceptors (Lipinski definition) is 6. The largest absolute Gasteiger partial charge is 0.462 e. The van der Waals surface area contributed by atoms with Crippen molar-refractivity contribution in [2.75, 3.05) is 13.2 Å². The smallest absolute Gasteiger partial charge is 0.306 e. The van der Waals surface area contributed by atoms with Crippen LogP contribution in [0, 0.1) is 0 Å². The topological polar surface area (TPSA) is 78.9 Å². The van der Waals surface area contributed by atoms with E-state index in [0.29, 0.717) is 19.3 Å². The highest BCUT2D eigenvalue weighted by Gasteiger charge is 2.19. The predicted molar refractivity (Wildman–Crippen MR) is 284 cm³/mol. The van der Waals surface area contributed by atoms with Gasteiger partial charge in [0.1, 0.15) is 13.2 Å². The maximum atomic E-state index is 12.8. The van der Waals surface area contributed by atoms with E-state index in [1.807, 2.05) is 0 Å². The molecule has 0 rings (SSSR count). The van der Waals surface area contributed by atoms with Crippen LogP contribution in [0.5, 0.6) is 0 Å². The van der Waals surface area contributed by atoms with Crippen LogP contribution in [0.2, 0.25) is 0 Å². The van der Waals surface area contributed by atoms with Crippen LogP contribution in [0.4, 0.5) is 0 Å². The lowest BCUT2D eigenvalue weighted by atomic mass is 10.0. The van der Waals surface area contributed by atoms with Crippen molar-refractivity contribution in [2.24, 2.45) is 0 Å². The zero-order chi connectivity index (χ0) is 47.9. The molecule has 0 bridgehead atoms. The molecular weight excluding hydrogens is 817 g/mol. The van der Waals surface area contributed by atoms with E-state index >= 15 is 0 Å². The van der Waals surface area contributed by atoms with Crippen LogP contribution < -0.4 is 0 Å². The molecule has 0 aromatic carbocycles. The molecule has 0 aromatic heterocycles. The third kappa shape index (κ3) is 52.1. The van der Waals surface area contributed by atoms with Gasteiger partial charge in [0.05, 0.1) is 0 Å². The lowest BCUT2D eigenvalue weighted by Gasteiger charge is -2.18. The summed E-state index contributed by atoms with van der Waals surface area (Å²) in [6.07, 6.45) is 67.9. The summed E-state index contributed by atoms with van der Waals surface area (Å²) in [5.41, 5.74) is 0. The minimum absolute atomic E-state index is 0.0919. The summed E-state index contributed by atoms with van der Waals surface area (Å²) in [6, 6.07) is 0. The second kappa shape index (κ2) is 54.7. The fourth-order valence-corrected chi connectivity index (χ4v) is 8.03. The molecular formula is C60H106O6. The summed E-state index contributed by atoms with van der Waals surface area (Å²) < 4.78 is 16.8. The minimum atomic E-state index is -0.795. The standard InChI is InChI=1S/C60H106O6/c1-4-7-10-13-16-19-22-25-28-30-32-35-38-41-44-47-50-53-59(62)65-56-57(55-64-58(61)52-49-46-43-40-37-34-27-24-21-18-15-12-9-6-3)66-60(63)54-51-48-45-42-39-36-33-31-29-26-23-20-17-14-11-8-5-2/h9,12,18,21,25,28,32,35,41,44,57H,4-8,10-11,13-17,19-20,22-24,26-27,29-31,33-34,36-40,42-43,45-56H2,1-3H3/b12-9-,21-18-,28-25-,35-32-,44-41-. The SMILES string of the molecule is CC/C=C\C/C=C\CCCCCCCCCC(=O)OCC(COC(=O)CCC/C=C\C/C=C\C/C=C\CCCCCCCC)OC(=O)CCCCCCCCCCCCCCCCCCC. The molecule has 0 aliphatic carbocycles. The molecule has 0 aliphatic heterocycles. The molecule has 6 heteroatoms. The monoisotopic (exact) mass is 923 g/mol. The van der Waals surface area contributed by atoms with Crippen LogP contribution >= 0.6 is 0 Å². The van der Waals surface area contributed by atoms with Gasteiger partial charge < -0.3 is 14.2 Å². The number of hydrogen-bond donors (Lipinski definition) is 0. The Morgan fingerprint density at radius 2 is 0.606 bits per heavy atom. The number of rotatable bonds is 51. The molecule has 0 heterocycles. The molecule has 0 aliphatic rings. The van der Waals surface area contributed by atoms with Gasteiger partial charge in [-0.2, -0.15) is 0 Å². The molecule has 0 aromatic rings. The second-order valence-electron chi connectivity index (χ2n) is 18.8. The Morgan fingerprint density at radius 3 is 0.985 bits per heavy atom. The van der Waals surface area contributed by atoms with Gasteiger partial charge in [-0.1, -0.05) is 248 Å². The van der Waals surface area contributed by atoms with E-state index < -0.39 is 6.10 Å². The fraction of sp³-hybridized carbons (Fsp3) is 0.783. The van der Waals surface area contributed by atoms with Crippen LogP contribution in [0.15, 0.2) is 60.8 Å². The normalized spacial score (nSPS) is 12.5. The highest BCUT2D eigenvalue weighted by atomic mass is 16.6. The fourth-order valence-electron chi connectivity index (χ4n) is 8.03. The highest BCUT2D eigenvalue weighted by molar-refractivity contribution is 5.71. The Labute approximate surface area is 409 Å². The quantitative estimate of drug-likeness (QED) is 0.0262. The number of allylic oxidation sites excluding steroid dienone is 10. The molecule has 66 heavy (non-hydrogen) atoms. The maximum Gasteiger partial charge on any atom is 0.306 e. The van der Waals surface area contributed by atoms with E-state index in [1.165, 1.54) is 161 Å². The first-order valence-corrected chi connectivity index (χ1v) is 28.3. The number of carbonyl (C=O) groups excluding carboxylic acids is 3. The molecule has 0 spiro atoms. The van der Waals surface area contributed by atoms with E-state index in [-0.39, 0.29) is 37.5 Å². The summed E-state index contributed by atoms with van der Waals surface area (Å²) in [5, 5.41) is 0. The van der Waals surface area contributed by atoms with E-state index in [0.717, 1.165) is 77.0 Å². The number of esters is 3. The lowest BCUT2D eigenvalue weighted by Crippen LogP contribution is -2.30. The first-order valence-electron chi connectivity index (χ1n) is 28.3. The molecule has 0 saturated carbocycles. The van der Waals surface area contributed by atoms with Gasteiger partial charge in [-0.15, -0.1) is 0 Å². The number of carbonyl (C=O) groups is 3. The zero-order valence-electron chi connectivity index (χ0n) is 43.7. The third-order valence-corrected chi connectivity index (χ3v) is 12.3. The molecule has 0 radical (unpaired) electrons. The van der Waals surface area contributed by atoms with Crippen LogP contribution in [0.3, 0.4) is 0 Å². The van der Waals surface area contributed by atoms with Crippen molar-refractivity contribution in [2.45, 2.75) is 290 Å². The van der Waals surface area contributed by atoms with E-state index in [9.17, 15) is 14.4 Å². The van der Waals surface area contributed by atoms with Gasteiger partial charge >= 0.3 is 17.9 Å². The van der Waals surface area contributed by atoms with Gasteiger partial charge in [0.15, 0.2) is 6.10 Å². The Hall–Kier alpha value is -2.89. The summed E-state index contributed by atoms with van der Waals surface area (Å²) in [6.45, 7) is 6.50. The van der Waals surface area contributed by atoms with Crippen molar-refractivity contribution < 1.29 is 28.6 Å².